The molecule has 0 aliphatic heterocycles. The molecule has 2 aromatic heterocycles. The molecule has 5 aromatic rings. The number of benzene rings is 3. The highest BCUT2D eigenvalue weighted by Crippen LogP contribution is 2.40. The van der Waals surface area contributed by atoms with E-state index < -0.39 is 55.8 Å². The predicted octanol–water partition coefficient (Wildman–Crippen LogP) is 7.26. The van der Waals surface area contributed by atoms with Gasteiger partial charge < -0.3 is 15.4 Å². The van der Waals surface area contributed by atoms with Crippen LogP contribution >= 0.6 is 34.2 Å². The third-order valence-corrected chi connectivity index (χ3v) is 9.39. The van der Waals surface area contributed by atoms with E-state index in [0.29, 0.717) is 22.3 Å². The summed E-state index contributed by atoms with van der Waals surface area (Å²) in [7, 11) is -3.88. The van der Waals surface area contributed by atoms with Crippen molar-refractivity contribution in [3.63, 3.8) is 0 Å². The van der Waals surface area contributed by atoms with Crippen LogP contribution < -0.4 is 15.4 Å². The molecule has 17 heteroatoms. The summed E-state index contributed by atoms with van der Waals surface area (Å²) in [5.74, 6) is -2.45. The lowest BCUT2D eigenvalue weighted by Gasteiger charge is -2.16. The second-order valence-electron chi connectivity index (χ2n) is 10.3. The molecule has 47 heavy (non-hydrogen) atoms. The third-order valence-electron chi connectivity index (χ3n) is 6.78. The SMILES string of the molecule is Cc1cc(-c2ccc3nc(Nc4ccc(S(C)(=O)=O)c(Cl)c4OCC(F)(F)F)nn3c2)ccc1C(=O)NCc1ccc(F)c(I)c1F. The van der Waals surface area contributed by atoms with Crippen LogP contribution in [0.15, 0.2) is 65.7 Å². The Hall–Kier alpha value is -4.03. The average molecular weight is 806 g/mol. The number of alkyl halides is 3. The number of carbonyl (C=O) groups excluding carboxylic acids is 1. The number of ether oxygens (including phenoxy) is 1. The molecule has 0 spiro atoms. The first-order valence-corrected chi connectivity index (χ1v) is 16.7. The number of fused-ring (bicyclic) bond motifs is 1. The van der Waals surface area contributed by atoms with Crippen LogP contribution in [0.5, 0.6) is 5.75 Å². The van der Waals surface area contributed by atoms with Crippen molar-refractivity contribution in [1.29, 1.82) is 0 Å². The van der Waals surface area contributed by atoms with Crippen LogP contribution in [0.25, 0.3) is 16.8 Å². The van der Waals surface area contributed by atoms with Crippen molar-refractivity contribution in [2.75, 3.05) is 18.2 Å². The van der Waals surface area contributed by atoms with Crippen LogP contribution in [0.4, 0.5) is 33.6 Å². The van der Waals surface area contributed by atoms with Crippen molar-refractivity contribution in [1.82, 2.24) is 19.9 Å². The first kappa shape index (κ1) is 34.3. The molecule has 0 radical (unpaired) electrons. The van der Waals surface area contributed by atoms with Crippen molar-refractivity contribution < 1.29 is 39.9 Å². The Bertz CT molecular complexity index is 2140. The highest BCUT2D eigenvalue weighted by atomic mass is 127. The molecule has 5 rings (SSSR count). The van der Waals surface area contributed by atoms with E-state index in [2.05, 4.69) is 20.7 Å². The number of sulfone groups is 1. The van der Waals surface area contributed by atoms with Gasteiger partial charge in [-0.25, -0.2) is 21.7 Å². The number of halogens is 7. The van der Waals surface area contributed by atoms with Crippen LogP contribution in [-0.2, 0) is 16.4 Å². The molecule has 3 aromatic carbocycles. The fourth-order valence-electron chi connectivity index (χ4n) is 4.52. The standard InChI is InChI=1S/C30H22ClF5IN5O4S/c1-15-11-16(3-6-19(15)28(43)38-12-17-4-7-20(32)26(37)25(17)33)18-5-10-23-40-29(41-42(23)13-18)39-21-8-9-22(47(2,44)45)24(31)27(21)46-14-30(34,35)36/h3-11,13H,12,14H2,1-2H3,(H,38,43)(H,39,41). The minimum absolute atomic E-state index is 0.0438. The molecule has 0 saturated heterocycles. The minimum atomic E-state index is -4.72. The third kappa shape index (κ3) is 7.76. The summed E-state index contributed by atoms with van der Waals surface area (Å²) in [6, 6.07) is 13.2. The fourth-order valence-corrected chi connectivity index (χ4v) is 6.42. The Kier molecular flexibility index (Phi) is 9.66. The van der Waals surface area contributed by atoms with Gasteiger partial charge in [-0.15, -0.1) is 5.10 Å². The second kappa shape index (κ2) is 13.2. The lowest BCUT2D eigenvalue weighted by Crippen LogP contribution is -2.24. The maximum Gasteiger partial charge on any atom is 0.422 e. The Morgan fingerprint density at radius 3 is 2.47 bits per heavy atom. The molecule has 9 nitrogen and oxygen atoms in total. The highest BCUT2D eigenvalue weighted by Gasteiger charge is 2.30. The van der Waals surface area contributed by atoms with Gasteiger partial charge in [0.15, 0.2) is 27.8 Å². The highest BCUT2D eigenvalue weighted by molar-refractivity contribution is 14.1. The van der Waals surface area contributed by atoms with Gasteiger partial charge in [-0.1, -0.05) is 29.8 Å². The lowest BCUT2D eigenvalue weighted by molar-refractivity contribution is -0.153. The molecule has 0 atom stereocenters. The maximum atomic E-state index is 14.3. The van der Waals surface area contributed by atoms with Crippen molar-refractivity contribution in [3.8, 4) is 16.9 Å². The average Bonchev–Trinajstić information content (AvgIpc) is 3.39. The Labute approximate surface area is 283 Å². The molecule has 2 N–H and O–H groups in total. The summed E-state index contributed by atoms with van der Waals surface area (Å²) in [6.07, 6.45) is -2.22. The Morgan fingerprint density at radius 2 is 1.79 bits per heavy atom. The maximum absolute atomic E-state index is 14.3. The van der Waals surface area contributed by atoms with E-state index in [1.807, 2.05) is 0 Å². The Morgan fingerprint density at radius 1 is 1.06 bits per heavy atom. The van der Waals surface area contributed by atoms with E-state index in [1.165, 1.54) is 16.6 Å². The molecule has 0 aliphatic carbocycles. The molecule has 1 amide bonds. The van der Waals surface area contributed by atoms with Crippen molar-refractivity contribution in [2.45, 2.75) is 24.5 Å². The number of carbonyl (C=O) groups is 1. The van der Waals surface area contributed by atoms with Crippen LogP contribution in [0, 0.1) is 22.1 Å². The largest absolute Gasteiger partial charge is 0.480 e. The molecule has 0 aliphatic rings. The fraction of sp³-hybridized carbons (Fsp3) is 0.167. The first-order valence-electron chi connectivity index (χ1n) is 13.4. The van der Waals surface area contributed by atoms with Crippen LogP contribution in [0.3, 0.4) is 0 Å². The number of pyridine rings is 1. The van der Waals surface area contributed by atoms with E-state index in [1.54, 1.807) is 66.0 Å². The lowest BCUT2D eigenvalue weighted by atomic mass is 10.0. The van der Waals surface area contributed by atoms with Gasteiger partial charge in [0.1, 0.15) is 16.7 Å². The van der Waals surface area contributed by atoms with E-state index >= 15 is 0 Å². The van der Waals surface area contributed by atoms with Gasteiger partial charge in [0, 0.05) is 35.7 Å². The number of aromatic nitrogens is 3. The van der Waals surface area contributed by atoms with Crippen LogP contribution in [0.1, 0.15) is 21.5 Å². The summed E-state index contributed by atoms with van der Waals surface area (Å²) in [6.45, 7) is -0.122. The van der Waals surface area contributed by atoms with Gasteiger partial charge in [0.2, 0.25) is 5.95 Å². The quantitative estimate of drug-likeness (QED) is 0.0917. The van der Waals surface area contributed by atoms with Gasteiger partial charge >= 0.3 is 6.18 Å². The number of hydrogen-bond acceptors (Lipinski definition) is 7. The van der Waals surface area contributed by atoms with Crippen molar-refractivity contribution >= 4 is 67.2 Å². The van der Waals surface area contributed by atoms with Gasteiger partial charge in [-0.05, 0) is 77.0 Å². The summed E-state index contributed by atoms with van der Waals surface area (Å²) < 4.78 is 97.0. The van der Waals surface area contributed by atoms with Crippen molar-refractivity contribution in [2.24, 2.45) is 0 Å². The second-order valence-corrected chi connectivity index (χ2v) is 13.7. The number of nitrogens with one attached hydrogen (secondary N) is 2. The number of rotatable bonds is 9. The van der Waals surface area contributed by atoms with Gasteiger partial charge in [-0.3, -0.25) is 4.79 Å². The van der Waals surface area contributed by atoms with Crippen LogP contribution in [-0.4, -0.2) is 48.0 Å². The zero-order valence-corrected chi connectivity index (χ0v) is 27.9. The number of aryl methyl sites for hydroxylation is 1. The van der Waals surface area contributed by atoms with Crippen molar-refractivity contribution in [3.05, 3.63) is 97.7 Å². The van der Waals surface area contributed by atoms with E-state index in [0.717, 1.165) is 24.0 Å². The topological polar surface area (TPSA) is 115 Å². The minimum Gasteiger partial charge on any atom is -0.480 e. The van der Waals surface area contributed by atoms with E-state index in [-0.39, 0.29) is 27.3 Å². The molecule has 2 heterocycles. The smallest absolute Gasteiger partial charge is 0.422 e. The molecular formula is C30H22ClF5IN5O4S. The summed E-state index contributed by atoms with van der Waals surface area (Å²) in [4.78, 5) is 16.7. The normalized spacial score (nSPS) is 11.9. The zero-order valence-electron chi connectivity index (χ0n) is 24.2. The van der Waals surface area contributed by atoms with Crippen LogP contribution in [0.2, 0.25) is 5.02 Å². The molecule has 0 saturated carbocycles. The molecular weight excluding hydrogens is 784 g/mol. The molecule has 0 bridgehead atoms. The first-order chi connectivity index (χ1) is 22.0. The van der Waals surface area contributed by atoms with Gasteiger partial charge in [0.25, 0.3) is 5.91 Å². The number of nitrogens with zero attached hydrogens (tertiary/aromatic N) is 3. The Balaban J connectivity index is 1.36. The monoisotopic (exact) mass is 805 g/mol. The molecule has 246 valence electrons. The molecule has 0 fully saturated rings. The number of amides is 1. The van der Waals surface area contributed by atoms with Gasteiger partial charge in [-0.2, -0.15) is 18.2 Å². The number of hydrogen-bond donors (Lipinski definition) is 2. The predicted molar refractivity (Wildman–Crippen MR) is 173 cm³/mol. The summed E-state index contributed by atoms with van der Waals surface area (Å²) >= 11 is 7.72. The zero-order chi connectivity index (χ0) is 34.3. The summed E-state index contributed by atoms with van der Waals surface area (Å²) in [5.41, 5.74) is 2.79. The molecule has 0 unspecified atom stereocenters. The van der Waals surface area contributed by atoms with Gasteiger partial charge in [0.05, 0.1) is 14.2 Å². The van der Waals surface area contributed by atoms with E-state index in [4.69, 9.17) is 16.3 Å². The van der Waals surface area contributed by atoms with E-state index in [9.17, 15) is 35.2 Å². The summed E-state index contributed by atoms with van der Waals surface area (Å²) in [5, 5.41) is 9.18. The number of anilines is 2.